The normalized spacial score (nSPS) is 21.4. The second kappa shape index (κ2) is 15.0. The Morgan fingerprint density at radius 1 is 0.915 bits per heavy atom. The lowest BCUT2D eigenvalue weighted by Gasteiger charge is -2.37. The summed E-state index contributed by atoms with van der Waals surface area (Å²) in [5.41, 5.74) is 7.92. The molecule has 2 atom stereocenters. The van der Waals surface area contributed by atoms with Gasteiger partial charge in [0, 0.05) is 88.0 Å². The average molecular weight is 802 g/mol. The fraction of sp³-hybridized carbons (Fsp3) is 0.488. The predicted octanol–water partition coefficient (Wildman–Crippen LogP) is 3.89. The molecule has 0 spiro atoms. The lowest BCUT2D eigenvalue weighted by Crippen LogP contribution is -2.44. The smallest absolute Gasteiger partial charge is 0.329 e. The third kappa shape index (κ3) is 6.86. The molecule has 308 valence electrons. The Morgan fingerprint density at radius 2 is 1.75 bits per heavy atom. The van der Waals surface area contributed by atoms with Gasteiger partial charge in [-0.3, -0.25) is 28.8 Å². The molecular weight excluding hydrogens is 751 g/mol. The SMILES string of the molecule is CNc1cc(N2CCc3c(N4CCC[C@H](COC5CCN(c6ccc7c(c6)n(C)c(=O)n7C6CCC(=O)NC6=O)CC5)C4)cccc32)nn2c(C(=O)NC3CC3)cnc12. The van der Waals surface area contributed by atoms with Gasteiger partial charge in [0.25, 0.3) is 5.91 Å². The number of hydrogen-bond acceptors (Lipinski definition) is 11. The summed E-state index contributed by atoms with van der Waals surface area (Å²) in [4.78, 5) is 62.4. The Bertz CT molecular complexity index is 2530. The van der Waals surface area contributed by atoms with E-state index in [9.17, 15) is 19.2 Å². The zero-order valence-corrected chi connectivity index (χ0v) is 33.7. The Hall–Kier alpha value is -5.90. The van der Waals surface area contributed by atoms with Crippen LogP contribution in [0, 0.1) is 5.92 Å². The Kier molecular flexibility index (Phi) is 9.53. The molecule has 16 heteroatoms. The largest absolute Gasteiger partial charge is 0.385 e. The van der Waals surface area contributed by atoms with Gasteiger partial charge in [0.2, 0.25) is 11.8 Å². The summed E-state index contributed by atoms with van der Waals surface area (Å²) >= 11 is 0. The number of carbonyl (C=O) groups excluding carboxylic acids is 3. The van der Waals surface area contributed by atoms with Gasteiger partial charge in [0.05, 0.1) is 35.6 Å². The molecule has 3 amide bonds. The van der Waals surface area contributed by atoms with Crippen LogP contribution in [-0.4, -0.2) is 100.0 Å². The maximum atomic E-state index is 13.3. The number of rotatable bonds is 10. The third-order valence-corrected chi connectivity index (χ3v) is 13.0. The second-order valence-electron chi connectivity index (χ2n) is 16.8. The van der Waals surface area contributed by atoms with Crippen molar-refractivity contribution in [3.05, 3.63) is 70.4 Å². The van der Waals surface area contributed by atoms with Crippen LogP contribution < -0.4 is 36.3 Å². The summed E-state index contributed by atoms with van der Waals surface area (Å²) in [6.45, 7) is 5.22. The summed E-state index contributed by atoms with van der Waals surface area (Å²) in [6.07, 6.45) is 9.39. The quantitative estimate of drug-likeness (QED) is 0.176. The first-order valence-electron chi connectivity index (χ1n) is 21.2. The lowest BCUT2D eigenvalue weighted by atomic mass is 9.97. The molecule has 1 saturated carbocycles. The summed E-state index contributed by atoms with van der Waals surface area (Å²) in [6, 6.07) is 14.2. The van der Waals surface area contributed by atoms with Crippen LogP contribution in [0.2, 0.25) is 0 Å². The van der Waals surface area contributed by atoms with Crippen molar-refractivity contribution in [2.24, 2.45) is 13.0 Å². The highest BCUT2D eigenvalue weighted by atomic mass is 16.5. The van der Waals surface area contributed by atoms with Gasteiger partial charge in [-0.1, -0.05) is 6.07 Å². The first kappa shape index (κ1) is 37.4. The second-order valence-corrected chi connectivity index (χ2v) is 16.8. The molecular formula is C43H51N11O5. The highest BCUT2D eigenvalue weighted by Crippen LogP contribution is 2.41. The zero-order chi connectivity index (χ0) is 40.4. The number of hydrogen-bond donors (Lipinski definition) is 3. The highest BCUT2D eigenvalue weighted by Gasteiger charge is 2.33. The number of anilines is 5. The number of nitrogens with one attached hydrogen (secondary N) is 3. The van der Waals surface area contributed by atoms with E-state index in [2.05, 4.69) is 53.8 Å². The van der Waals surface area contributed by atoms with Crippen molar-refractivity contribution in [3.8, 4) is 0 Å². The average Bonchev–Trinajstić information content (AvgIpc) is 3.69. The number of carbonyl (C=O) groups is 3. The standard InChI is InChI=1S/C43H51N11O5/c1-44-31-22-38(48-54-37(23-45-40(31)54)42(57)46-27-8-9-27)52-20-16-30-32(6-3-7-33(30)52)51-17-4-5-26(24-51)25-59-29-14-18-50(19-15-29)28-10-11-34-36(21-28)49(2)43(58)53(34)35-12-13-39(55)47-41(35)56/h3,6-7,10-11,21-23,26-27,29,35,44H,4-5,8-9,12-20,24-25H2,1-2H3,(H,46,57)(H,47,55,56)/t26-,35?/m0/s1. The van der Waals surface area contributed by atoms with E-state index in [1.807, 2.05) is 31.3 Å². The van der Waals surface area contributed by atoms with E-state index in [4.69, 9.17) is 9.84 Å². The molecule has 7 heterocycles. The number of amides is 3. The number of piperidine rings is 3. The minimum atomic E-state index is -0.695. The van der Waals surface area contributed by atoms with Crippen molar-refractivity contribution in [3.63, 3.8) is 0 Å². The van der Waals surface area contributed by atoms with E-state index in [0.717, 1.165) is 113 Å². The molecule has 5 aromatic rings. The van der Waals surface area contributed by atoms with E-state index < -0.39 is 11.9 Å². The van der Waals surface area contributed by atoms with Crippen LogP contribution >= 0.6 is 0 Å². The summed E-state index contributed by atoms with van der Waals surface area (Å²) in [7, 11) is 3.60. The molecule has 10 rings (SSSR count). The van der Waals surface area contributed by atoms with Gasteiger partial charge < -0.3 is 30.1 Å². The van der Waals surface area contributed by atoms with Crippen LogP contribution in [-0.2, 0) is 27.8 Å². The van der Waals surface area contributed by atoms with Crippen molar-refractivity contribution >= 4 is 63.0 Å². The number of aryl methyl sites for hydroxylation is 1. The topological polar surface area (TPSA) is 163 Å². The van der Waals surface area contributed by atoms with E-state index in [0.29, 0.717) is 29.2 Å². The molecule has 5 aliphatic rings. The van der Waals surface area contributed by atoms with Crippen molar-refractivity contribution in [2.75, 3.05) is 66.4 Å². The molecule has 4 fully saturated rings. The van der Waals surface area contributed by atoms with Crippen LogP contribution in [0.1, 0.15) is 73.5 Å². The van der Waals surface area contributed by atoms with Crippen molar-refractivity contribution in [1.82, 2.24) is 34.4 Å². The minimum Gasteiger partial charge on any atom is -0.385 e. The van der Waals surface area contributed by atoms with Crippen LogP contribution in [0.3, 0.4) is 0 Å². The summed E-state index contributed by atoms with van der Waals surface area (Å²) in [5.74, 6) is 0.355. The van der Waals surface area contributed by atoms with Crippen LogP contribution in [0.15, 0.2) is 53.5 Å². The van der Waals surface area contributed by atoms with Gasteiger partial charge in [0.1, 0.15) is 6.04 Å². The maximum Gasteiger partial charge on any atom is 0.329 e. The van der Waals surface area contributed by atoms with E-state index >= 15 is 0 Å². The van der Waals surface area contributed by atoms with Crippen molar-refractivity contribution in [2.45, 2.75) is 76.0 Å². The Balaban J connectivity index is 0.776. The number of nitrogens with zero attached hydrogens (tertiary/aromatic N) is 8. The van der Waals surface area contributed by atoms with Crippen LogP contribution in [0.5, 0.6) is 0 Å². The number of imide groups is 1. The molecule has 1 unspecified atom stereocenters. The Morgan fingerprint density at radius 3 is 2.54 bits per heavy atom. The van der Waals surface area contributed by atoms with E-state index in [1.54, 1.807) is 22.3 Å². The number of benzene rings is 2. The van der Waals surface area contributed by atoms with Gasteiger partial charge in [-0.15, -0.1) is 5.10 Å². The fourth-order valence-electron chi connectivity index (χ4n) is 9.61. The van der Waals surface area contributed by atoms with Crippen LogP contribution in [0.4, 0.5) is 28.6 Å². The maximum absolute atomic E-state index is 13.3. The minimum absolute atomic E-state index is 0.143. The molecule has 0 radical (unpaired) electrons. The lowest BCUT2D eigenvalue weighted by molar-refractivity contribution is -0.135. The number of aromatic nitrogens is 5. The van der Waals surface area contributed by atoms with Crippen molar-refractivity contribution in [1.29, 1.82) is 0 Å². The van der Waals surface area contributed by atoms with E-state index in [1.165, 1.54) is 15.8 Å². The van der Waals surface area contributed by atoms with Crippen LogP contribution in [0.25, 0.3) is 16.7 Å². The first-order valence-corrected chi connectivity index (χ1v) is 21.2. The van der Waals surface area contributed by atoms with Gasteiger partial charge in [-0.2, -0.15) is 0 Å². The fourth-order valence-corrected chi connectivity index (χ4v) is 9.61. The predicted molar refractivity (Wildman–Crippen MR) is 225 cm³/mol. The number of fused-ring (bicyclic) bond motifs is 3. The molecule has 3 N–H and O–H groups in total. The Labute approximate surface area is 341 Å². The van der Waals surface area contributed by atoms with Gasteiger partial charge in [0.15, 0.2) is 17.2 Å². The molecule has 2 aromatic carbocycles. The first-order chi connectivity index (χ1) is 28.7. The molecule has 4 aliphatic heterocycles. The monoisotopic (exact) mass is 801 g/mol. The molecule has 3 aromatic heterocycles. The zero-order valence-electron chi connectivity index (χ0n) is 33.7. The van der Waals surface area contributed by atoms with E-state index in [-0.39, 0.29) is 36.1 Å². The summed E-state index contributed by atoms with van der Waals surface area (Å²) < 4.78 is 11.4. The molecule has 59 heavy (non-hydrogen) atoms. The van der Waals surface area contributed by atoms with Gasteiger partial charge in [-0.25, -0.2) is 14.3 Å². The summed E-state index contributed by atoms with van der Waals surface area (Å²) in [5, 5.41) is 13.7. The number of ether oxygens (including phenoxy) is 1. The molecule has 0 bridgehead atoms. The molecule has 3 saturated heterocycles. The third-order valence-electron chi connectivity index (χ3n) is 13.0. The van der Waals surface area contributed by atoms with Gasteiger partial charge >= 0.3 is 5.69 Å². The van der Waals surface area contributed by atoms with Gasteiger partial charge in [-0.05, 0) is 87.6 Å². The van der Waals surface area contributed by atoms with Crippen molar-refractivity contribution < 1.29 is 19.1 Å². The number of imidazole rings is 2. The highest BCUT2D eigenvalue weighted by molar-refractivity contribution is 6.00. The molecule has 1 aliphatic carbocycles. The molecule has 16 nitrogen and oxygen atoms in total.